The van der Waals surface area contributed by atoms with Gasteiger partial charge in [-0.1, -0.05) is 93.6 Å². The van der Waals surface area contributed by atoms with E-state index in [1.165, 1.54) is 17.1 Å². The number of fused-ring (bicyclic) bond motifs is 2. The molecule has 0 radical (unpaired) electrons. The normalized spacial score (nSPS) is 12.7. The zero-order chi connectivity index (χ0) is 28.0. The van der Waals surface area contributed by atoms with Crippen molar-refractivity contribution in [1.29, 1.82) is 0 Å². The van der Waals surface area contributed by atoms with Crippen LogP contribution in [-0.4, -0.2) is 9.36 Å². The van der Waals surface area contributed by atoms with Crippen molar-refractivity contribution in [2.24, 2.45) is 0 Å². The summed E-state index contributed by atoms with van der Waals surface area (Å²) in [6.45, 7) is 6.70. The number of benzene rings is 5. The van der Waals surface area contributed by atoms with E-state index in [1.54, 1.807) is 0 Å². The monoisotopic (exact) mass is 550 g/mol. The molecular weight excluding hydrogens is 520 g/mol. The van der Waals surface area contributed by atoms with E-state index in [2.05, 4.69) is 158 Å². The Hall–Kier alpha value is -4.74. The summed E-state index contributed by atoms with van der Waals surface area (Å²) in [5.41, 5.74) is 10.2. The number of hydrogen-bond donors (Lipinski definition) is 0. The third-order valence-electron chi connectivity index (χ3n) is 7.53. The lowest BCUT2D eigenvalue weighted by atomic mass is 9.87. The smallest absolute Gasteiger partial charge is 0.173 e. The fraction of sp³-hybridized carbons (Fsp3) is 0.111. The van der Waals surface area contributed by atoms with Gasteiger partial charge in [0.2, 0.25) is 0 Å². The van der Waals surface area contributed by atoms with Crippen LogP contribution < -0.4 is 9.80 Å². The SMILES string of the molecule is CC(C)(C)c1ccc(-c2nc(-c3ccc4c(c3)N(c3ccccc3)c3ccccc3N4c3ccccc3)ns2)cc1. The van der Waals surface area contributed by atoms with Crippen LogP contribution in [0.4, 0.5) is 34.1 Å². The molecule has 0 amide bonds. The number of para-hydroxylation sites is 4. The summed E-state index contributed by atoms with van der Waals surface area (Å²) in [4.78, 5) is 9.66. The molecule has 7 rings (SSSR count). The molecule has 1 aliphatic rings. The highest BCUT2D eigenvalue weighted by Crippen LogP contribution is 2.54. The van der Waals surface area contributed by atoms with Gasteiger partial charge in [-0.3, -0.25) is 0 Å². The first-order chi connectivity index (χ1) is 20.0. The van der Waals surface area contributed by atoms with Crippen LogP contribution in [0.2, 0.25) is 0 Å². The second-order valence-electron chi connectivity index (χ2n) is 11.3. The third-order valence-corrected chi connectivity index (χ3v) is 8.30. The molecule has 5 heteroatoms. The van der Waals surface area contributed by atoms with Crippen molar-refractivity contribution in [1.82, 2.24) is 9.36 Å². The number of rotatable bonds is 4. The Labute approximate surface area is 245 Å². The lowest BCUT2D eigenvalue weighted by Gasteiger charge is -2.40. The molecule has 4 nitrogen and oxygen atoms in total. The number of anilines is 6. The summed E-state index contributed by atoms with van der Waals surface area (Å²) in [7, 11) is 0. The number of hydrogen-bond acceptors (Lipinski definition) is 5. The molecule has 0 bridgehead atoms. The quantitative estimate of drug-likeness (QED) is 0.218. The molecule has 41 heavy (non-hydrogen) atoms. The molecule has 2 heterocycles. The topological polar surface area (TPSA) is 32.3 Å². The highest BCUT2D eigenvalue weighted by Gasteiger charge is 2.31. The Morgan fingerprint density at radius 1 is 0.537 bits per heavy atom. The molecule has 0 unspecified atom stereocenters. The van der Waals surface area contributed by atoms with Crippen molar-refractivity contribution < 1.29 is 0 Å². The summed E-state index contributed by atoms with van der Waals surface area (Å²) in [6.07, 6.45) is 0. The molecule has 200 valence electrons. The average Bonchev–Trinajstić information content (AvgIpc) is 3.51. The predicted octanol–water partition coefficient (Wildman–Crippen LogP) is 10.4. The first-order valence-electron chi connectivity index (χ1n) is 13.9. The first-order valence-corrected chi connectivity index (χ1v) is 14.6. The maximum Gasteiger partial charge on any atom is 0.173 e. The van der Waals surface area contributed by atoms with E-state index < -0.39 is 0 Å². The van der Waals surface area contributed by atoms with Gasteiger partial charge in [0, 0.05) is 22.5 Å². The van der Waals surface area contributed by atoms with Gasteiger partial charge in [-0.2, -0.15) is 4.37 Å². The van der Waals surface area contributed by atoms with Crippen LogP contribution in [0.15, 0.2) is 127 Å². The lowest BCUT2D eigenvalue weighted by Crippen LogP contribution is -2.24. The van der Waals surface area contributed by atoms with E-state index in [1.807, 2.05) is 0 Å². The summed E-state index contributed by atoms with van der Waals surface area (Å²) in [6, 6.07) is 45.0. The van der Waals surface area contributed by atoms with Gasteiger partial charge in [0.1, 0.15) is 5.01 Å². The summed E-state index contributed by atoms with van der Waals surface area (Å²) in [5, 5.41) is 0.925. The molecule has 0 atom stereocenters. The molecule has 0 saturated heterocycles. The van der Waals surface area contributed by atoms with Gasteiger partial charge in [0.05, 0.1) is 22.7 Å². The van der Waals surface area contributed by atoms with Crippen molar-refractivity contribution in [3.63, 3.8) is 0 Å². The van der Waals surface area contributed by atoms with E-state index in [4.69, 9.17) is 9.36 Å². The minimum atomic E-state index is 0.116. The first kappa shape index (κ1) is 25.2. The zero-order valence-electron chi connectivity index (χ0n) is 23.3. The van der Waals surface area contributed by atoms with Gasteiger partial charge in [-0.05, 0) is 77.1 Å². The van der Waals surface area contributed by atoms with E-state index >= 15 is 0 Å². The van der Waals surface area contributed by atoms with Crippen LogP contribution in [-0.2, 0) is 5.41 Å². The van der Waals surface area contributed by atoms with E-state index in [0.29, 0.717) is 0 Å². The summed E-state index contributed by atoms with van der Waals surface area (Å²) in [5.74, 6) is 0.742. The Kier molecular flexibility index (Phi) is 6.17. The largest absolute Gasteiger partial charge is 0.306 e. The fourth-order valence-electron chi connectivity index (χ4n) is 5.41. The highest BCUT2D eigenvalue weighted by atomic mass is 32.1. The minimum absolute atomic E-state index is 0.116. The number of aromatic nitrogens is 2. The van der Waals surface area contributed by atoms with Crippen molar-refractivity contribution >= 4 is 45.7 Å². The molecule has 1 aliphatic heterocycles. The maximum atomic E-state index is 4.99. The van der Waals surface area contributed by atoms with Crippen LogP contribution in [0, 0.1) is 0 Å². The summed E-state index contributed by atoms with van der Waals surface area (Å²) < 4.78 is 4.80. The molecule has 1 aromatic heterocycles. The molecule has 5 aromatic carbocycles. The lowest BCUT2D eigenvalue weighted by molar-refractivity contribution is 0.590. The van der Waals surface area contributed by atoms with Crippen LogP contribution >= 0.6 is 11.5 Å². The second-order valence-corrected chi connectivity index (χ2v) is 12.0. The molecule has 6 aromatic rings. The molecule has 0 spiro atoms. The van der Waals surface area contributed by atoms with E-state index in [9.17, 15) is 0 Å². The van der Waals surface area contributed by atoms with Crippen LogP contribution in [0.5, 0.6) is 0 Å². The molecular formula is C36H30N4S. The van der Waals surface area contributed by atoms with Crippen molar-refractivity contribution in [2.45, 2.75) is 26.2 Å². The van der Waals surface area contributed by atoms with Gasteiger partial charge >= 0.3 is 0 Å². The molecule has 0 N–H and O–H groups in total. The van der Waals surface area contributed by atoms with Gasteiger partial charge in [-0.25, -0.2) is 4.98 Å². The number of nitrogens with zero attached hydrogens (tertiary/aromatic N) is 4. The second kappa shape index (κ2) is 10.0. The minimum Gasteiger partial charge on any atom is -0.306 e. The van der Waals surface area contributed by atoms with Crippen molar-refractivity contribution in [2.75, 3.05) is 9.80 Å². The average molecular weight is 551 g/mol. The Morgan fingerprint density at radius 3 is 1.63 bits per heavy atom. The van der Waals surface area contributed by atoms with Gasteiger partial charge in [0.25, 0.3) is 0 Å². The Morgan fingerprint density at radius 2 is 1.05 bits per heavy atom. The molecule has 0 saturated carbocycles. The van der Waals surface area contributed by atoms with Crippen molar-refractivity contribution in [3.05, 3.63) is 133 Å². The van der Waals surface area contributed by atoms with Gasteiger partial charge in [0.15, 0.2) is 5.82 Å². The van der Waals surface area contributed by atoms with E-state index in [0.717, 1.165) is 56.1 Å². The fourth-order valence-corrected chi connectivity index (χ4v) is 6.10. The zero-order valence-corrected chi connectivity index (χ0v) is 24.1. The standard InChI is InChI=1S/C36H30N4S/c1-36(2,3)27-21-18-25(19-22-27)35-37-34(38-41-35)26-20-23-32-33(24-26)40(29-14-8-5-9-15-29)31-17-11-10-16-30(31)39(32)28-12-6-4-7-13-28/h4-24H,1-3H3. The van der Waals surface area contributed by atoms with Gasteiger partial charge < -0.3 is 9.80 Å². The molecule has 0 aliphatic carbocycles. The van der Waals surface area contributed by atoms with Crippen LogP contribution in [0.25, 0.3) is 22.0 Å². The predicted molar refractivity (Wildman–Crippen MR) is 172 cm³/mol. The van der Waals surface area contributed by atoms with Gasteiger partial charge in [-0.15, -0.1) is 0 Å². The molecule has 0 fully saturated rings. The van der Waals surface area contributed by atoms with Crippen LogP contribution in [0.1, 0.15) is 26.3 Å². The van der Waals surface area contributed by atoms with E-state index in [-0.39, 0.29) is 5.41 Å². The Balaban J connectivity index is 1.35. The summed E-state index contributed by atoms with van der Waals surface area (Å²) >= 11 is 1.45. The highest BCUT2D eigenvalue weighted by molar-refractivity contribution is 7.09. The Bertz CT molecular complexity index is 1820. The van der Waals surface area contributed by atoms with Crippen molar-refractivity contribution in [3.8, 4) is 22.0 Å². The third kappa shape index (κ3) is 4.58. The van der Waals surface area contributed by atoms with Crippen LogP contribution in [0.3, 0.4) is 0 Å². The maximum absolute atomic E-state index is 4.99.